The molecule has 1 saturated carbocycles. The van der Waals surface area contributed by atoms with E-state index < -0.39 is 0 Å². The van der Waals surface area contributed by atoms with Crippen molar-refractivity contribution in [2.75, 3.05) is 20.3 Å². The molecule has 1 amide bonds. The third-order valence-electron chi connectivity index (χ3n) is 4.70. The summed E-state index contributed by atoms with van der Waals surface area (Å²) >= 11 is 0. The molecule has 0 bridgehead atoms. The number of hydrogen-bond acceptors (Lipinski definition) is 4. The second-order valence-corrected chi connectivity index (χ2v) is 6.29. The van der Waals surface area contributed by atoms with Crippen molar-refractivity contribution in [2.24, 2.45) is 11.7 Å². The van der Waals surface area contributed by atoms with Crippen molar-refractivity contribution in [2.45, 2.75) is 44.2 Å². The van der Waals surface area contributed by atoms with Gasteiger partial charge in [0.2, 0.25) is 5.91 Å². The molecule has 1 aromatic rings. The topological polar surface area (TPSA) is 68.7 Å². The van der Waals surface area contributed by atoms with E-state index in [1.165, 1.54) is 6.42 Å². The van der Waals surface area contributed by atoms with Gasteiger partial charge in [0, 0.05) is 32.0 Å². The minimum atomic E-state index is -0.163. The molecule has 2 N–H and O–H groups in total. The Balaban J connectivity index is 1.81. The Morgan fingerprint density at radius 3 is 2.81 bits per heavy atom. The van der Waals surface area contributed by atoms with E-state index in [4.69, 9.17) is 14.9 Å². The average molecular weight is 292 g/mol. The molecule has 4 atom stereocenters. The molecule has 116 valence electrons. The van der Waals surface area contributed by atoms with Gasteiger partial charge in [-0.05, 0) is 30.9 Å². The third-order valence-corrected chi connectivity index (χ3v) is 4.70. The molecule has 2 heterocycles. The summed E-state index contributed by atoms with van der Waals surface area (Å²) in [5, 5.41) is 0. The second kappa shape index (κ2) is 5.81. The molecule has 0 radical (unpaired) electrons. The number of rotatable bonds is 5. The molecule has 2 aliphatic rings. The molecule has 2 fully saturated rings. The van der Waals surface area contributed by atoms with Crippen LogP contribution in [0.2, 0.25) is 0 Å². The Morgan fingerprint density at radius 1 is 1.43 bits per heavy atom. The molecule has 1 aliphatic carbocycles. The number of likely N-dealkylation sites (tertiary alicyclic amines) is 1. The number of amides is 1. The van der Waals surface area contributed by atoms with Gasteiger partial charge in [0.05, 0.1) is 6.61 Å². The summed E-state index contributed by atoms with van der Waals surface area (Å²) < 4.78 is 11.1. The lowest BCUT2D eigenvalue weighted by atomic mass is 9.94. The first-order chi connectivity index (χ1) is 10.1. The molecule has 5 nitrogen and oxygen atoms in total. The number of methoxy groups -OCH3 is 1. The van der Waals surface area contributed by atoms with E-state index in [0.29, 0.717) is 37.8 Å². The number of furan rings is 1. The van der Waals surface area contributed by atoms with Crippen LogP contribution in [0.4, 0.5) is 0 Å². The van der Waals surface area contributed by atoms with E-state index in [1.807, 2.05) is 17.0 Å². The average Bonchev–Trinajstić information content (AvgIpc) is 3.00. The summed E-state index contributed by atoms with van der Waals surface area (Å²) in [6, 6.07) is 3.80. The summed E-state index contributed by atoms with van der Waals surface area (Å²) in [5.74, 6) is 3.24. The first-order valence-electron chi connectivity index (χ1n) is 7.75. The van der Waals surface area contributed by atoms with Crippen LogP contribution in [0.15, 0.2) is 16.5 Å². The molecule has 1 aromatic heterocycles. The number of hydrogen-bond donors (Lipinski definition) is 1. The quantitative estimate of drug-likeness (QED) is 0.901. The first-order valence-corrected chi connectivity index (χ1v) is 7.75. The lowest BCUT2D eigenvalue weighted by Crippen LogP contribution is -2.49. The Morgan fingerprint density at radius 2 is 2.14 bits per heavy atom. The van der Waals surface area contributed by atoms with Gasteiger partial charge in [0.1, 0.15) is 17.6 Å². The van der Waals surface area contributed by atoms with Crippen molar-refractivity contribution >= 4 is 5.91 Å². The standard InChI is InChI=1S/C16H24N2O3/c1-10-9-11(10)13-4-5-14(21-13)16-12(17)3-6-15(19)18(16)7-8-20-2/h4-5,10-12,16H,3,6-9,17H2,1-2H3. The van der Waals surface area contributed by atoms with E-state index >= 15 is 0 Å². The van der Waals surface area contributed by atoms with Crippen molar-refractivity contribution in [1.82, 2.24) is 4.90 Å². The molecule has 0 spiro atoms. The summed E-state index contributed by atoms with van der Waals surface area (Å²) in [6.07, 6.45) is 2.41. The van der Waals surface area contributed by atoms with Crippen molar-refractivity contribution in [3.05, 3.63) is 23.7 Å². The van der Waals surface area contributed by atoms with Crippen LogP contribution in [0, 0.1) is 5.92 Å². The predicted molar refractivity (Wildman–Crippen MR) is 78.8 cm³/mol. The van der Waals surface area contributed by atoms with Gasteiger partial charge in [0.15, 0.2) is 0 Å². The molecule has 3 rings (SSSR count). The Kier molecular flexibility index (Phi) is 4.04. The fraction of sp³-hybridized carbons (Fsp3) is 0.688. The van der Waals surface area contributed by atoms with Crippen LogP contribution >= 0.6 is 0 Å². The Bertz CT molecular complexity index is 513. The minimum absolute atomic E-state index is 0.0739. The zero-order valence-electron chi connectivity index (χ0n) is 12.7. The number of carbonyl (C=O) groups excluding carboxylic acids is 1. The lowest BCUT2D eigenvalue weighted by molar-refractivity contribution is -0.138. The molecule has 1 saturated heterocycles. The summed E-state index contributed by atoms with van der Waals surface area (Å²) in [4.78, 5) is 14.0. The summed E-state index contributed by atoms with van der Waals surface area (Å²) in [7, 11) is 1.64. The van der Waals surface area contributed by atoms with E-state index in [9.17, 15) is 4.79 Å². The normalized spacial score (nSPS) is 32.5. The van der Waals surface area contributed by atoms with E-state index in [2.05, 4.69) is 6.92 Å². The molecule has 1 aliphatic heterocycles. The highest BCUT2D eigenvalue weighted by atomic mass is 16.5. The zero-order chi connectivity index (χ0) is 15.0. The van der Waals surface area contributed by atoms with Crippen molar-refractivity contribution in [1.29, 1.82) is 0 Å². The van der Waals surface area contributed by atoms with Gasteiger partial charge in [0.25, 0.3) is 0 Å². The van der Waals surface area contributed by atoms with Crippen LogP contribution in [-0.4, -0.2) is 37.1 Å². The smallest absolute Gasteiger partial charge is 0.223 e. The van der Waals surface area contributed by atoms with Gasteiger partial charge in [-0.25, -0.2) is 0 Å². The minimum Gasteiger partial charge on any atom is -0.464 e. The van der Waals surface area contributed by atoms with Crippen LogP contribution < -0.4 is 5.73 Å². The first kappa shape index (κ1) is 14.6. The fourth-order valence-corrected chi connectivity index (χ4v) is 3.24. The van der Waals surface area contributed by atoms with Gasteiger partial charge >= 0.3 is 0 Å². The Labute approximate surface area is 125 Å². The largest absolute Gasteiger partial charge is 0.464 e. The number of ether oxygens (including phenoxy) is 1. The summed E-state index contributed by atoms with van der Waals surface area (Å²) in [5.41, 5.74) is 6.27. The van der Waals surface area contributed by atoms with Crippen LogP contribution in [0.25, 0.3) is 0 Å². The highest BCUT2D eigenvalue weighted by Crippen LogP contribution is 2.48. The fourth-order valence-electron chi connectivity index (χ4n) is 3.24. The lowest BCUT2D eigenvalue weighted by Gasteiger charge is -2.38. The van der Waals surface area contributed by atoms with Crippen molar-refractivity contribution in [3.8, 4) is 0 Å². The van der Waals surface area contributed by atoms with Crippen LogP contribution in [0.1, 0.15) is 49.7 Å². The van der Waals surface area contributed by atoms with Crippen molar-refractivity contribution in [3.63, 3.8) is 0 Å². The molecule has 5 heteroatoms. The van der Waals surface area contributed by atoms with Gasteiger partial charge in [-0.15, -0.1) is 0 Å². The Hall–Kier alpha value is -1.33. The maximum atomic E-state index is 12.2. The van der Waals surface area contributed by atoms with Crippen LogP contribution in [-0.2, 0) is 9.53 Å². The third kappa shape index (κ3) is 2.85. The van der Waals surface area contributed by atoms with E-state index in [1.54, 1.807) is 7.11 Å². The summed E-state index contributed by atoms with van der Waals surface area (Å²) in [6.45, 7) is 3.30. The highest BCUT2D eigenvalue weighted by Gasteiger charge is 2.40. The zero-order valence-corrected chi connectivity index (χ0v) is 12.7. The van der Waals surface area contributed by atoms with Crippen LogP contribution in [0.3, 0.4) is 0 Å². The maximum Gasteiger partial charge on any atom is 0.223 e. The molecule has 21 heavy (non-hydrogen) atoms. The SMILES string of the molecule is COCCN1C(=O)CCC(N)C1c1ccc(C2CC2C)o1. The monoisotopic (exact) mass is 292 g/mol. The van der Waals surface area contributed by atoms with Gasteiger partial charge < -0.3 is 19.8 Å². The number of nitrogens with two attached hydrogens (primary N) is 1. The van der Waals surface area contributed by atoms with Gasteiger partial charge in [-0.1, -0.05) is 6.92 Å². The van der Waals surface area contributed by atoms with E-state index in [0.717, 1.165) is 11.5 Å². The van der Waals surface area contributed by atoms with Gasteiger partial charge in [-0.2, -0.15) is 0 Å². The van der Waals surface area contributed by atoms with E-state index in [-0.39, 0.29) is 18.0 Å². The molecule has 0 aromatic carbocycles. The number of carbonyl (C=O) groups is 1. The maximum absolute atomic E-state index is 12.2. The molecular formula is C16H24N2O3. The molecular weight excluding hydrogens is 268 g/mol. The molecule has 4 unspecified atom stereocenters. The number of piperidine rings is 1. The highest BCUT2D eigenvalue weighted by molar-refractivity contribution is 5.77. The second-order valence-electron chi connectivity index (χ2n) is 6.29. The van der Waals surface area contributed by atoms with Crippen molar-refractivity contribution < 1.29 is 13.9 Å². The predicted octanol–water partition coefficient (Wildman–Crippen LogP) is 2.04. The van der Waals surface area contributed by atoms with Gasteiger partial charge in [-0.3, -0.25) is 4.79 Å². The number of nitrogens with zero attached hydrogens (tertiary/aromatic N) is 1. The van der Waals surface area contributed by atoms with Crippen LogP contribution in [0.5, 0.6) is 0 Å².